The summed E-state index contributed by atoms with van der Waals surface area (Å²) in [5.74, 6) is 0.304. The first-order valence-electron chi connectivity index (χ1n) is 4.93. The molecule has 5 heteroatoms. The number of rotatable bonds is 6. The molecule has 0 amide bonds. The lowest BCUT2D eigenvalue weighted by Crippen LogP contribution is -2.22. The summed E-state index contributed by atoms with van der Waals surface area (Å²) in [7, 11) is 0. The normalized spacial score (nSPS) is 9.60. The number of hydrogen-bond acceptors (Lipinski definition) is 5. The lowest BCUT2D eigenvalue weighted by atomic mass is 10.3. The van der Waals surface area contributed by atoms with Crippen LogP contribution in [0.4, 0.5) is 0 Å². The van der Waals surface area contributed by atoms with Crippen molar-refractivity contribution >= 4 is 0 Å². The molecular weight excluding hydrogens is 192 g/mol. The summed E-state index contributed by atoms with van der Waals surface area (Å²) in [6, 6.07) is 3.58. The molecule has 80 valence electrons. The lowest BCUT2D eigenvalue weighted by Gasteiger charge is -2.05. The monoisotopic (exact) mass is 206 g/mol. The van der Waals surface area contributed by atoms with Crippen molar-refractivity contribution in [1.82, 2.24) is 15.5 Å². The maximum absolute atomic E-state index is 8.75. The Morgan fingerprint density at radius 3 is 3.13 bits per heavy atom. The first kappa shape index (κ1) is 11.4. The molecule has 15 heavy (non-hydrogen) atoms. The predicted octanol–water partition coefficient (Wildman–Crippen LogP) is 0.727. The molecule has 0 aliphatic carbocycles. The third kappa shape index (κ3) is 3.92. The van der Waals surface area contributed by atoms with Gasteiger partial charge in [0.05, 0.1) is 6.20 Å². The topological polar surface area (TPSA) is 70.8 Å². The van der Waals surface area contributed by atoms with Crippen LogP contribution in [-0.4, -0.2) is 29.9 Å². The van der Waals surface area contributed by atoms with Gasteiger partial charge in [-0.3, -0.25) is 0 Å². The van der Waals surface area contributed by atoms with Gasteiger partial charge in [-0.25, -0.2) is 0 Å². The van der Waals surface area contributed by atoms with Crippen LogP contribution in [0.2, 0.25) is 0 Å². The van der Waals surface area contributed by atoms with E-state index in [4.69, 9.17) is 10.00 Å². The van der Waals surface area contributed by atoms with Crippen molar-refractivity contribution in [1.29, 1.82) is 5.26 Å². The van der Waals surface area contributed by atoms with Crippen LogP contribution in [0.15, 0.2) is 12.3 Å². The third-order valence-corrected chi connectivity index (χ3v) is 1.75. The number of nitriles is 1. The minimum Gasteiger partial charge on any atom is -0.474 e. The highest BCUT2D eigenvalue weighted by atomic mass is 16.5. The van der Waals surface area contributed by atoms with Crippen LogP contribution in [0.5, 0.6) is 5.88 Å². The van der Waals surface area contributed by atoms with Crippen LogP contribution >= 0.6 is 0 Å². The molecule has 5 nitrogen and oxygen atoms in total. The molecule has 1 N–H and O–H groups in total. The van der Waals surface area contributed by atoms with E-state index in [1.807, 2.05) is 6.07 Å². The van der Waals surface area contributed by atoms with Crippen LogP contribution in [0, 0.1) is 11.3 Å². The Hall–Kier alpha value is -1.67. The number of nitrogens with zero attached hydrogens (tertiary/aromatic N) is 3. The van der Waals surface area contributed by atoms with Crippen LogP contribution in [-0.2, 0) is 0 Å². The van der Waals surface area contributed by atoms with Gasteiger partial charge in [-0.2, -0.15) is 10.4 Å². The molecule has 0 aliphatic rings. The fraction of sp³-hybridized carbons (Fsp3) is 0.500. The highest BCUT2D eigenvalue weighted by molar-refractivity contribution is 5.35. The van der Waals surface area contributed by atoms with Gasteiger partial charge in [-0.15, -0.1) is 5.10 Å². The van der Waals surface area contributed by atoms with Gasteiger partial charge < -0.3 is 10.1 Å². The summed E-state index contributed by atoms with van der Waals surface area (Å²) < 4.78 is 5.32. The Balaban J connectivity index is 2.34. The van der Waals surface area contributed by atoms with E-state index >= 15 is 0 Å². The van der Waals surface area contributed by atoms with E-state index in [2.05, 4.69) is 22.4 Å². The molecule has 1 aromatic heterocycles. The van der Waals surface area contributed by atoms with E-state index in [0.29, 0.717) is 18.1 Å². The van der Waals surface area contributed by atoms with E-state index < -0.39 is 0 Å². The molecule has 0 fully saturated rings. The van der Waals surface area contributed by atoms with Gasteiger partial charge >= 0.3 is 0 Å². The highest BCUT2D eigenvalue weighted by Gasteiger charge is 2.03. The average Bonchev–Trinajstić information content (AvgIpc) is 2.29. The zero-order chi connectivity index (χ0) is 10.9. The fourth-order valence-electron chi connectivity index (χ4n) is 1.03. The second-order valence-corrected chi connectivity index (χ2v) is 2.96. The van der Waals surface area contributed by atoms with Crippen molar-refractivity contribution in [2.75, 3.05) is 19.7 Å². The van der Waals surface area contributed by atoms with Gasteiger partial charge in [-0.05, 0) is 19.0 Å². The molecule has 0 radical (unpaired) electrons. The van der Waals surface area contributed by atoms with Crippen LogP contribution in [0.25, 0.3) is 0 Å². The number of ether oxygens (including phenoxy) is 1. The molecule has 0 aliphatic heterocycles. The van der Waals surface area contributed by atoms with Gasteiger partial charge in [0.2, 0.25) is 0 Å². The number of nitrogens with one attached hydrogen (secondary N) is 1. The van der Waals surface area contributed by atoms with Crippen molar-refractivity contribution in [2.24, 2.45) is 0 Å². The maximum Gasteiger partial charge on any atom is 0.251 e. The molecule has 0 bridgehead atoms. The van der Waals surface area contributed by atoms with Gasteiger partial charge in [0, 0.05) is 6.54 Å². The minimum atomic E-state index is 0.304. The van der Waals surface area contributed by atoms with Gasteiger partial charge in [0.25, 0.3) is 5.88 Å². The number of aromatic nitrogens is 2. The smallest absolute Gasteiger partial charge is 0.251 e. The molecule has 0 spiro atoms. The first-order valence-corrected chi connectivity index (χ1v) is 4.93. The van der Waals surface area contributed by atoms with Crippen molar-refractivity contribution in [2.45, 2.75) is 13.3 Å². The van der Waals surface area contributed by atoms with Gasteiger partial charge in [-0.1, -0.05) is 6.92 Å². The maximum atomic E-state index is 8.75. The van der Waals surface area contributed by atoms with E-state index in [1.165, 1.54) is 6.20 Å². The van der Waals surface area contributed by atoms with E-state index in [-0.39, 0.29) is 0 Å². The largest absolute Gasteiger partial charge is 0.474 e. The Morgan fingerprint density at radius 2 is 2.40 bits per heavy atom. The summed E-state index contributed by atoms with van der Waals surface area (Å²) in [4.78, 5) is 0. The van der Waals surface area contributed by atoms with Gasteiger partial charge in [0.1, 0.15) is 18.2 Å². The SMILES string of the molecule is CCCNCCOc1nnccc1C#N. The van der Waals surface area contributed by atoms with Crippen molar-refractivity contribution in [3.05, 3.63) is 17.8 Å². The second-order valence-electron chi connectivity index (χ2n) is 2.96. The molecule has 0 saturated heterocycles. The zero-order valence-electron chi connectivity index (χ0n) is 8.73. The number of hydrogen-bond donors (Lipinski definition) is 1. The summed E-state index contributed by atoms with van der Waals surface area (Å²) in [6.45, 7) is 4.31. The summed E-state index contributed by atoms with van der Waals surface area (Å²) in [6.07, 6.45) is 2.56. The van der Waals surface area contributed by atoms with E-state index in [1.54, 1.807) is 6.07 Å². The van der Waals surface area contributed by atoms with E-state index in [9.17, 15) is 0 Å². The molecule has 1 rings (SSSR count). The Kier molecular flexibility index (Phi) is 5.12. The average molecular weight is 206 g/mol. The van der Waals surface area contributed by atoms with Crippen molar-refractivity contribution < 1.29 is 4.74 Å². The second kappa shape index (κ2) is 6.74. The molecular formula is C10H14N4O. The molecule has 1 heterocycles. The van der Waals surface area contributed by atoms with Crippen LogP contribution in [0.3, 0.4) is 0 Å². The van der Waals surface area contributed by atoms with E-state index in [0.717, 1.165) is 19.5 Å². The lowest BCUT2D eigenvalue weighted by molar-refractivity contribution is 0.298. The molecule has 0 saturated carbocycles. The fourth-order valence-corrected chi connectivity index (χ4v) is 1.03. The Bertz CT molecular complexity index is 334. The summed E-state index contributed by atoms with van der Waals surface area (Å²) >= 11 is 0. The van der Waals surface area contributed by atoms with Crippen molar-refractivity contribution in [3.8, 4) is 11.9 Å². The predicted molar refractivity (Wildman–Crippen MR) is 55.4 cm³/mol. The van der Waals surface area contributed by atoms with Crippen LogP contribution in [0.1, 0.15) is 18.9 Å². The zero-order valence-corrected chi connectivity index (χ0v) is 8.73. The summed E-state index contributed by atoms with van der Waals surface area (Å²) in [5, 5.41) is 19.3. The van der Waals surface area contributed by atoms with Gasteiger partial charge in [0.15, 0.2) is 0 Å². The molecule has 0 atom stereocenters. The standard InChI is InChI=1S/C10H14N4O/c1-2-4-12-6-7-15-10-9(8-11)3-5-13-14-10/h3,5,12H,2,4,6-7H2,1H3. The van der Waals surface area contributed by atoms with Crippen molar-refractivity contribution in [3.63, 3.8) is 0 Å². The highest BCUT2D eigenvalue weighted by Crippen LogP contribution is 2.10. The van der Waals surface area contributed by atoms with Crippen LogP contribution < -0.4 is 10.1 Å². The molecule has 1 aromatic rings. The Labute approximate surface area is 89.1 Å². The molecule has 0 aromatic carbocycles. The summed E-state index contributed by atoms with van der Waals surface area (Å²) in [5.41, 5.74) is 0.417. The quantitative estimate of drug-likeness (QED) is 0.695. The first-order chi connectivity index (χ1) is 7.38. The third-order valence-electron chi connectivity index (χ3n) is 1.75. The molecule has 0 unspecified atom stereocenters. The Morgan fingerprint density at radius 1 is 1.53 bits per heavy atom. The minimum absolute atomic E-state index is 0.304.